The molecule has 1 aromatic carbocycles. The number of hydrogen-bond acceptors (Lipinski definition) is 8. The van der Waals surface area contributed by atoms with Crippen LogP contribution in [0.15, 0.2) is 35.2 Å². The van der Waals surface area contributed by atoms with E-state index < -0.39 is 10.0 Å². The number of nitrogens with zero attached hydrogens (tertiary/aromatic N) is 5. The van der Waals surface area contributed by atoms with Crippen LogP contribution in [-0.4, -0.2) is 81.8 Å². The number of rotatable bonds is 8. The molecule has 0 aliphatic carbocycles. The molecule has 2 aliphatic rings. The van der Waals surface area contributed by atoms with Gasteiger partial charge in [-0.25, -0.2) is 13.4 Å². The molecule has 0 bridgehead atoms. The number of unbranched alkanes of at least 4 members (excludes halogenated alkanes) is 1. The van der Waals surface area contributed by atoms with Gasteiger partial charge in [0.2, 0.25) is 16.0 Å². The van der Waals surface area contributed by atoms with Crippen LogP contribution in [0.5, 0.6) is 5.75 Å². The molecule has 0 N–H and O–H groups in total. The van der Waals surface area contributed by atoms with Crippen LogP contribution in [0.3, 0.4) is 0 Å². The molecule has 0 amide bonds. The molecule has 10 heteroatoms. The monoisotopic (exact) mass is 475 g/mol. The molecule has 0 unspecified atom stereocenters. The fourth-order valence-electron chi connectivity index (χ4n) is 3.95. The minimum Gasteiger partial charge on any atom is -0.494 e. The van der Waals surface area contributed by atoms with Crippen molar-refractivity contribution in [1.29, 1.82) is 0 Å². The zero-order valence-electron chi connectivity index (χ0n) is 19.4. The third-order valence-electron chi connectivity index (χ3n) is 5.91. The summed E-state index contributed by atoms with van der Waals surface area (Å²) in [4.78, 5) is 13.9. The summed E-state index contributed by atoms with van der Waals surface area (Å²) >= 11 is 0. The average molecular weight is 476 g/mol. The van der Waals surface area contributed by atoms with Gasteiger partial charge in [-0.1, -0.05) is 13.3 Å². The Balaban J connectivity index is 1.39. The van der Waals surface area contributed by atoms with Crippen LogP contribution >= 0.6 is 0 Å². The quantitative estimate of drug-likeness (QED) is 0.538. The van der Waals surface area contributed by atoms with E-state index in [2.05, 4.69) is 21.7 Å². The molecule has 0 radical (unpaired) electrons. The number of aryl methyl sites for hydroxylation is 1. The van der Waals surface area contributed by atoms with Crippen LogP contribution in [0.25, 0.3) is 0 Å². The Morgan fingerprint density at radius 2 is 1.67 bits per heavy atom. The highest BCUT2D eigenvalue weighted by molar-refractivity contribution is 7.89. The Hall–Kier alpha value is -2.43. The van der Waals surface area contributed by atoms with Crippen molar-refractivity contribution in [2.45, 2.75) is 31.6 Å². The van der Waals surface area contributed by atoms with E-state index in [0.717, 1.165) is 37.4 Å². The predicted molar refractivity (Wildman–Crippen MR) is 128 cm³/mol. The minimum atomic E-state index is -3.55. The summed E-state index contributed by atoms with van der Waals surface area (Å²) in [6.45, 7) is 9.59. The standard InChI is InChI=1S/C23H33N5O4S/c1-3-4-15-32-20-5-7-21(8-6-20)33(29,30)28-11-9-27(10-12-28)23-24-19(2)18-22(25-23)26-13-16-31-17-14-26/h5-8,18H,3-4,9-17H2,1-2H3. The predicted octanol–water partition coefficient (Wildman–Crippen LogP) is 2.31. The number of aromatic nitrogens is 2. The summed E-state index contributed by atoms with van der Waals surface area (Å²) in [7, 11) is -3.55. The number of ether oxygens (including phenoxy) is 2. The Kier molecular flexibility index (Phi) is 7.67. The lowest BCUT2D eigenvalue weighted by Crippen LogP contribution is -2.49. The van der Waals surface area contributed by atoms with E-state index in [9.17, 15) is 8.42 Å². The maximum atomic E-state index is 13.1. The molecular weight excluding hydrogens is 442 g/mol. The number of piperazine rings is 1. The third kappa shape index (κ3) is 5.74. The fraction of sp³-hybridized carbons (Fsp3) is 0.565. The molecule has 2 aromatic rings. The third-order valence-corrected chi connectivity index (χ3v) is 7.83. The van der Waals surface area contributed by atoms with Crippen LogP contribution < -0.4 is 14.5 Å². The van der Waals surface area contributed by atoms with Crippen LogP contribution in [0, 0.1) is 6.92 Å². The summed E-state index contributed by atoms with van der Waals surface area (Å²) in [5.74, 6) is 2.25. The van der Waals surface area contributed by atoms with Gasteiger partial charge in [0.25, 0.3) is 0 Å². The van der Waals surface area contributed by atoms with E-state index in [4.69, 9.17) is 14.5 Å². The second kappa shape index (κ2) is 10.7. The van der Waals surface area contributed by atoms with E-state index in [0.29, 0.717) is 62.6 Å². The number of anilines is 2. The highest BCUT2D eigenvalue weighted by Gasteiger charge is 2.29. The van der Waals surface area contributed by atoms with E-state index in [1.165, 1.54) is 4.31 Å². The number of benzene rings is 1. The molecule has 4 rings (SSSR count). The largest absolute Gasteiger partial charge is 0.494 e. The molecule has 9 nitrogen and oxygen atoms in total. The maximum absolute atomic E-state index is 13.1. The maximum Gasteiger partial charge on any atom is 0.243 e. The first kappa shape index (κ1) is 23.7. The Morgan fingerprint density at radius 3 is 2.33 bits per heavy atom. The highest BCUT2D eigenvalue weighted by atomic mass is 32.2. The summed E-state index contributed by atoms with van der Waals surface area (Å²) in [5.41, 5.74) is 0.901. The summed E-state index contributed by atoms with van der Waals surface area (Å²) in [6, 6.07) is 8.70. The van der Waals surface area contributed by atoms with Crippen LogP contribution in [0.1, 0.15) is 25.5 Å². The van der Waals surface area contributed by atoms with Gasteiger partial charge in [0.1, 0.15) is 11.6 Å². The van der Waals surface area contributed by atoms with Crippen molar-refractivity contribution in [2.75, 3.05) is 68.9 Å². The zero-order chi connectivity index (χ0) is 23.3. The van der Waals surface area contributed by atoms with Crippen LogP contribution in [0.4, 0.5) is 11.8 Å². The van der Waals surface area contributed by atoms with Crippen LogP contribution in [0.2, 0.25) is 0 Å². The van der Waals surface area contributed by atoms with E-state index in [-0.39, 0.29) is 0 Å². The normalized spacial score (nSPS) is 17.9. The molecule has 2 saturated heterocycles. The first-order valence-corrected chi connectivity index (χ1v) is 13.1. The lowest BCUT2D eigenvalue weighted by atomic mass is 10.3. The molecule has 3 heterocycles. The molecule has 2 fully saturated rings. The van der Waals surface area contributed by atoms with Gasteiger partial charge in [0, 0.05) is 51.0 Å². The SMILES string of the molecule is CCCCOc1ccc(S(=O)(=O)N2CCN(c3nc(C)cc(N4CCOCC4)n3)CC2)cc1. The van der Waals surface area contributed by atoms with Crippen molar-refractivity contribution in [3.05, 3.63) is 36.0 Å². The smallest absolute Gasteiger partial charge is 0.243 e. The van der Waals surface area contributed by atoms with Gasteiger partial charge in [0.05, 0.1) is 24.7 Å². The molecule has 180 valence electrons. The molecule has 2 aliphatic heterocycles. The molecule has 0 saturated carbocycles. The molecule has 0 atom stereocenters. The number of sulfonamides is 1. The van der Waals surface area contributed by atoms with Gasteiger partial charge < -0.3 is 19.3 Å². The van der Waals surface area contributed by atoms with Gasteiger partial charge in [-0.2, -0.15) is 9.29 Å². The van der Waals surface area contributed by atoms with Gasteiger partial charge in [0.15, 0.2) is 0 Å². The second-order valence-corrected chi connectivity index (χ2v) is 10.3. The molecule has 0 spiro atoms. The van der Waals surface area contributed by atoms with Gasteiger partial charge in [-0.05, 0) is 37.6 Å². The first-order valence-electron chi connectivity index (χ1n) is 11.6. The van der Waals surface area contributed by atoms with Gasteiger partial charge >= 0.3 is 0 Å². The minimum absolute atomic E-state index is 0.292. The van der Waals surface area contributed by atoms with Crippen molar-refractivity contribution in [2.24, 2.45) is 0 Å². The second-order valence-electron chi connectivity index (χ2n) is 8.33. The van der Waals surface area contributed by atoms with Gasteiger partial charge in [-0.15, -0.1) is 0 Å². The Morgan fingerprint density at radius 1 is 0.970 bits per heavy atom. The van der Waals surface area contributed by atoms with E-state index in [1.807, 2.05) is 13.0 Å². The molecule has 1 aromatic heterocycles. The summed E-state index contributed by atoms with van der Waals surface area (Å²) < 4.78 is 38.9. The number of hydrogen-bond donors (Lipinski definition) is 0. The number of morpholine rings is 1. The topological polar surface area (TPSA) is 88.1 Å². The molecular formula is C23H33N5O4S. The highest BCUT2D eigenvalue weighted by Crippen LogP contribution is 2.23. The van der Waals surface area contributed by atoms with Crippen molar-refractivity contribution >= 4 is 21.8 Å². The van der Waals surface area contributed by atoms with Crippen molar-refractivity contribution in [3.63, 3.8) is 0 Å². The Labute approximate surface area is 196 Å². The lowest BCUT2D eigenvalue weighted by molar-refractivity contribution is 0.122. The van der Waals surface area contributed by atoms with Crippen molar-refractivity contribution in [1.82, 2.24) is 14.3 Å². The molecule has 33 heavy (non-hydrogen) atoms. The zero-order valence-corrected chi connectivity index (χ0v) is 20.3. The average Bonchev–Trinajstić information content (AvgIpc) is 2.85. The van der Waals surface area contributed by atoms with Crippen molar-refractivity contribution in [3.8, 4) is 5.75 Å². The van der Waals surface area contributed by atoms with Crippen LogP contribution in [-0.2, 0) is 14.8 Å². The van der Waals surface area contributed by atoms with Gasteiger partial charge in [-0.3, -0.25) is 0 Å². The first-order chi connectivity index (χ1) is 16.0. The lowest BCUT2D eigenvalue weighted by Gasteiger charge is -2.35. The van der Waals surface area contributed by atoms with E-state index >= 15 is 0 Å². The van der Waals surface area contributed by atoms with E-state index in [1.54, 1.807) is 24.3 Å². The Bertz CT molecular complexity index is 1020. The van der Waals surface area contributed by atoms with Crippen molar-refractivity contribution < 1.29 is 17.9 Å². The summed E-state index contributed by atoms with van der Waals surface area (Å²) in [6.07, 6.45) is 2.03. The fourth-order valence-corrected chi connectivity index (χ4v) is 5.37. The summed E-state index contributed by atoms with van der Waals surface area (Å²) in [5, 5.41) is 0.